The third-order valence-corrected chi connectivity index (χ3v) is 7.31. The summed E-state index contributed by atoms with van der Waals surface area (Å²) in [5.41, 5.74) is 5.20. The molecule has 0 bridgehead atoms. The van der Waals surface area contributed by atoms with Gasteiger partial charge in [-0.3, -0.25) is 4.79 Å². The first-order valence-corrected chi connectivity index (χ1v) is 12.7. The molecular weight excluding hydrogens is 478 g/mol. The first-order valence-electron chi connectivity index (χ1n) is 12.7. The van der Waals surface area contributed by atoms with Gasteiger partial charge in [0.2, 0.25) is 5.91 Å². The van der Waals surface area contributed by atoms with Crippen molar-refractivity contribution in [3.63, 3.8) is 0 Å². The predicted molar refractivity (Wildman–Crippen MR) is 143 cm³/mol. The minimum Gasteiger partial charge on any atom is -0.457 e. The summed E-state index contributed by atoms with van der Waals surface area (Å²) in [6, 6.07) is 23.7. The van der Waals surface area contributed by atoms with E-state index in [2.05, 4.69) is 25.2 Å². The Morgan fingerprint density at radius 1 is 0.842 bits per heavy atom. The Balaban J connectivity index is 1.14. The second-order valence-corrected chi connectivity index (χ2v) is 9.63. The first-order chi connectivity index (χ1) is 18.7. The number of para-hydroxylation sites is 2. The Hall–Kier alpha value is -4.79. The monoisotopic (exact) mass is 503 g/mol. The summed E-state index contributed by atoms with van der Waals surface area (Å²) in [4.78, 5) is 27.0. The summed E-state index contributed by atoms with van der Waals surface area (Å²) in [7, 11) is 0. The third kappa shape index (κ3) is 3.66. The summed E-state index contributed by atoms with van der Waals surface area (Å²) in [5.74, 6) is 1.92. The average Bonchev–Trinajstić information content (AvgIpc) is 3.40. The van der Waals surface area contributed by atoms with E-state index in [4.69, 9.17) is 4.74 Å². The van der Waals surface area contributed by atoms with E-state index in [-0.39, 0.29) is 11.8 Å². The van der Waals surface area contributed by atoms with Crippen molar-refractivity contribution in [1.82, 2.24) is 29.9 Å². The lowest BCUT2D eigenvalue weighted by Crippen LogP contribution is -2.50. The molecule has 2 aliphatic rings. The molecule has 0 saturated carbocycles. The molecule has 188 valence electrons. The molecule has 9 nitrogen and oxygen atoms in total. The molecule has 7 rings (SSSR count). The van der Waals surface area contributed by atoms with E-state index in [1.54, 1.807) is 11.0 Å². The van der Waals surface area contributed by atoms with Gasteiger partial charge in [0.05, 0.1) is 11.6 Å². The second-order valence-electron chi connectivity index (χ2n) is 9.63. The number of aromatic nitrogens is 5. The fraction of sp³-hybridized carbons (Fsp3) is 0.207. The number of carbonyl (C=O) groups excluding carboxylic acids is 1. The number of nitrogens with zero attached hydrogens (tertiary/aromatic N) is 7. The van der Waals surface area contributed by atoms with E-state index >= 15 is 0 Å². The van der Waals surface area contributed by atoms with Crippen LogP contribution in [0.15, 0.2) is 79.1 Å². The molecule has 1 fully saturated rings. The molecule has 0 aliphatic carbocycles. The van der Waals surface area contributed by atoms with Gasteiger partial charge in [-0.05, 0) is 31.2 Å². The lowest BCUT2D eigenvalue weighted by atomic mass is 9.86. The fourth-order valence-corrected chi connectivity index (χ4v) is 5.33. The zero-order valence-corrected chi connectivity index (χ0v) is 20.9. The highest BCUT2D eigenvalue weighted by Crippen LogP contribution is 2.44. The summed E-state index contributed by atoms with van der Waals surface area (Å²) in [5, 5.41) is 8.78. The van der Waals surface area contributed by atoms with Crippen LogP contribution < -0.4 is 9.64 Å². The van der Waals surface area contributed by atoms with Gasteiger partial charge >= 0.3 is 0 Å². The van der Waals surface area contributed by atoms with E-state index in [9.17, 15) is 4.79 Å². The third-order valence-electron chi connectivity index (χ3n) is 7.31. The van der Waals surface area contributed by atoms with Gasteiger partial charge in [-0.25, -0.2) is 9.97 Å². The van der Waals surface area contributed by atoms with Crippen LogP contribution in [0, 0.1) is 6.92 Å². The van der Waals surface area contributed by atoms with Crippen LogP contribution in [0.5, 0.6) is 11.5 Å². The maximum atomic E-state index is 13.9. The van der Waals surface area contributed by atoms with Gasteiger partial charge in [0.1, 0.15) is 17.8 Å². The predicted octanol–water partition coefficient (Wildman–Crippen LogP) is 4.11. The molecule has 2 aliphatic heterocycles. The van der Waals surface area contributed by atoms with Crippen LogP contribution in [-0.2, 0) is 4.79 Å². The largest absolute Gasteiger partial charge is 0.457 e. The molecule has 9 heteroatoms. The highest BCUT2D eigenvalue weighted by Gasteiger charge is 2.36. The lowest BCUT2D eigenvalue weighted by Gasteiger charge is -2.38. The van der Waals surface area contributed by atoms with Gasteiger partial charge in [-0.1, -0.05) is 59.3 Å². The quantitative estimate of drug-likeness (QED) is 0.366. The van der Waals surface area contributed by atoms with Crippen molar-refractivity contribution in [1.29, 1.82) is 0 Å². The van der Waals surface area contributed by atoms with Crippen molar-refractivity contribution in [2.75, 3.05) is 31.1 Å². The molecule has 2 aromatic heterocycles. The van der Waals surface area contributed by atoms with E-state index in [1.807, 2.05) is 84.6 Å². The number of benzene rings is 3. The van der Waals surface area contributed by atoms with Crippen LogP contribution in [0.25, 0.3) is 16.9 Å². The smallest absolute Gasteiger partial charge is 0.234 e. The number of carbonyl (C=O) groups is 1. The standard InChI is InChI=1S/C29H25N7O2/c1-19-10-12-20(13-11-19)36-28-26(32-33-36)27(30-18-31-28)34-14-16-35(17-15-34)29(37)25-21-6-2-4-8-23(21)38-24-9-5-3-7-22(24)25/h2-13,18,25H,14-17H2,1H3. The van der Waals surface area contributed by atoms with Crippen LogP contribution in [0.3, 0.4) is 0 Å². The summed E-state index contributed by atoms with van der Waals surface area (Å²) >= 11 is 0. The SMILES string of the molecule is Cc1ccc(-n2nnc3c(N4CCN(C(=O)C5c6ccccc6Oc6ccccc65)CC4)ncnc32)cc1. The zero-order valence-electron chi connectivity index (χ0n) is 20.9. The van der Waals surface area contributed by atoms with E-state index < -0.39 is 0 Å². The van der Waals surface area contributed by atoms with Crippen molar-refractivity contribution in [2.45, 2.75) is 12.8 Å². The van der Waals surface area contributed by atoms with E-state index in [0.717, 1.165) is 34.1 Å². The molecule has 0 N–H and O–H groups in total. The molecule has 1 amide bonds. The Labute approximate surface area is 219 Å². The maximum Gasteiger partial charge on any atom is 0.234 e. The van der Waals surface area contributed by atoms with Gasteiger partial charge in [0.15, 0.2) is 17.0 Å². The van der Waals surface area contributed by atoms with Gasteiger partial charge in [0, 0.05) is 37.3 Å². The van der Waals surface area contributed by atoms with Crippen LogP contribution in [0.1, 0.15) is 22.6 Å². The number of hydrogen-bond donors (Lipinski definition) is 0. The molecule has 0 unspecified atom stereocenters. The average molecular weight is 504 g/mol. The normalized spacial score (nSPS) is 15.2. The summed E-state index contributed by atoms with van der Waals surface area (Å²) < 4.78 is 7.83. The maximum absolute atomic E-state index is 13.9. The molecule has 3 aromatic carbocycles. The minimum absolute atomic E-state index is 0.0889. The van der Waals surface area contributed by atoms with Crippen molar-refractivity contribution >= 4 is 22.9 Å². The Morgan fingerprint density at radius 3 is 2.18 bits per heavy atom. The van der Waals surface area contributed by atoms with Crippen LogP contribution >= 0.6 is 0 Å². The number of amides is 1. The van der Waals surface area contributed by atoms with Crippen LogP contribution in [0.2, 0.25) is 0 Å². The molecule has 5 aromatic rings. The number of aryl methyl sites for hydroxylation is 1. The van der Waals surface area contributed by atoms with Crippen LogP contribution in [0.4, 0.5) is 5.82 Å². The number of piperazine rings is 1. The number of hydrogen-bond acceptors (Lipinski definition) is 7. The zero-order chi connectivity index (χ0) is 25.6. The molecule has 1 saturated heterocycles. The van der Waals surface area contributed by atoms with Crippen molar-refractivity contribution in [2.24, 2.45) is 0 Å². The van der Waals surface area contributed by atoms with Gasteiger partial charge < -0.3 is 14.5 Å². The van der Waals surface area contributed by atoms with Gasteiger partial charge in [0.25, 0.3) is 0 Å². The molecule has 0 atom stereocenters. The fourth-order valence-electron chi connectivity index (χ4n) is 5.33. The van der Waals surface area contributed by atoms with Gasteiger partial charge in [-0.15, -0.1) is 5.10 Å². The first kappa shape index (κ1) is 22.4. The highest BCUT2D eigenvalue weighted by atomic mass is 16.5. The van der Waals surface area contributed by atoms with Crippen LogP contribution in [-0.4, -0.2) is 61.9 Å². The molecular formula is C29H25N7O2. The highest BCUT2D eigenvalue weighted by molar-refractivity contribution is 5.90. The Kier molecular flexibility index (Phi) is 5.28. The summed E-state index contributed by atoms with van der Waals surface area (Å²) in [6.07, 6.45) is 1.55. The number of ether oxygens (including phenoxy) is 1. The number of anilines is 1. The van der Waals surface area contributed by atoms with Crippen molar-refractivity contribution < 1.29 is 9.53 Å². The Morgan fingerprint density at radius 2 is 1.50 bits per heavy atom. The lowest BCUT2D eigenvalue weighted by molar-refractivity contribution is -0.132. The number of fused-ring (bicyclic) bond motifs is 3. The van der Waals surface area contributed by atoms with E-state index in [1.165, 1.54) is 5.56 Å². The topological polar surface area (TPSA) is 89.3 Å². The summed E-state index contributed by atoms with van der Waals surface area (Å²) in [6.45, 7) is 4.49. The molecule has 0 radical (unpaired) electrons. The second kappa shape index (κ2) is 8.95. The van der Waals surface area contributed by atoms with Crippen molar-refractivity contribution in [3.8, 4) is 17.2 Å². The number of rotatable bonds is 3. The minimum atomic E-state index is -0.386. The Bertz CT molecular complexity index is 1610. The molecule has 4 heterocycles. The molecule has 38 heavy (non-hydrogen) atoms. The molecule has 0 spiro atoms. The van der Waals surface area contributed by atoms with Gasteiger partial charge in [-0.2, -0.15) is 4.68 Å². The van der Waals surface area contributed by atoms with Crippen molar-refractivity contribution in [3.05, 3.63) is 95.8 Å². The van der Waals surface area contributed by atoms with E-state index in [0.29, 0.717) is 37.3 Å².